The first-order chi connectivity index (χ1) is 9.15. The fourth-order valence-corrected chi connectivity index (χ4v) is 2.50. The minimum atomic E-state index is -0.323. The molecule has 3 rings (SSSR count). The highest BCUT2D eigenvalue weighted by atomic mass is 35.5. The van der Waals surface area contributed by atoms with E-state index in [1.165, 1.54) is 12.1 Å². The SMILES string of the molecule is Nc1cc(F)ccc1Cn1cc(Cl)c2ccccc21. The molecule has 4 heteroatoms. The van der Waals surface area contributed by atoms with Crippen LogP contribution in [-0.4, -0.2) is 4.57 Å². The van der Waals surface area contributed by atoms with Crippen molar-refractivity contribution in [3.8, 4) is 0 Å². The summed E-state index contributed by atoms with van der Waals surface area (Å²) in [6.45, 7) is 0.569. The molecule has 3 aromatic rings. The zero-order chi connectivity index (χ0) is 13.4. The van der Waals surface area contributed by atoms with Gasteiger partial charge < -0.3 is 10.3 Å². The molecule has 0 unspecified atom stereocenters. The molecule has 1 aromatic heterocycles. The maximum atomic E-state index is 13.0. The average Bonchev–Trinajstić information content (AvgIpc) is 2.71. The van der Waals surface area contributed by atoms with Gasteiger partial charge in [0.05, 0.1) is 5.02 Å². The van der Waals surface area contributed by atoms with Gasteiger partial charge in [0, 0.05) is 29.3 Å². The number of nitrogen functional groups attached to an aromatic ring is 1. The normalized spacial score (nSPS) is 11.1. The van der Waals surface area contributed by atoms with Gasteiger partial charge >= 0.3 is 0 Å². The Morgan fingerprint density at radius 1 is 1.16 bits per heavy atom. The number of hydrogen-bond acceptors (Lipinski definition) is 1. The van der Waals surface area contributed by atoms with E-state index in [1.807, 2.05) is 35.0 Å². The van der Waals surface area contributed by atoms with Crippen LogP contribution in [0.5, 0.6) is 0 Å². The Balaban J connectivity index is 2.06. The number of fused-ring (bicyclic) bond motifs is 1. The van der Waals surface area contributed by atoms with Gasteiger partial charge in [0.2, 0.25) is 0 Å². The molecule has 2 N–H and O–H groups in total. The van der Waals surface area contributed by atoms with Crippen molar-refractivity contribution in [1.82, 2.24) is 4.57 Å². The predicted octanol–water partition coefficient (Wildman–Crippen LogP) is 4.06. The molecule has 96 valence electrons. The van der Waals surface area contributed by atoms with Gasteiger partial charge in [-0.3, -0.25) is 0 Å². The van der Waals surface area contributed by atoms with Crippen LogP contribution in [-0.2, 0) is 6.54 Å². The topological polar surface area (TPSA) is 30.9 Å². The number of nitrogens with two attached hydrogens (primary N) is 1. The highest BCUT2D eigenvalue weighted by Crippen LogP contribution is 2.27. The summed E-state index contributed by atoms with van der Waals surface area (Å²) in [4.78, 5) is 0. The zero-order valence-electron chi connectivity index (χ0n) is 10.1. The standard InChI is InChI=1S/C15H12ClFN2/c16-13-9-19(15-4-2-1-3-12(13)15)8-10-5-6-11(17)7-14(10)18/h1-7,9H,8,18H2. The van der Waals surface area contributed by atoms with E-state index in [0.29, 0.717) is 17.3 Å². The van der Waals surface area contributed by atoms with Crippen LogP contribution in [0.3, 0.4) is 0 Å². The third kappa shape index (κ3) is 2.17. The number of anilines is 1. The Morgan fingerprint density at radius 3 is 2.74 bits per heavy atom. The van der Waals surface area contributed by atoms with Crippen molar-refractivity contribution in [2.45, 2.75) is 6.54 Å². The van der Waals surface area contributed by atoms with Crippen molar-refractivity contribution >= 4 is 28.2 Å². The molecule has 0 atom stereocenters. The molecular weight excluding hydrogens is 263 g/mol. The van der Waals surface area contributed by atoms with E-state index in [-0.39, 0.29) is 5.82 Å². The van der Waals surface area contributed by atoms with Crippen LogP contribution in [0, 0.1) is 5.82 Å². The molecule has 0 saturated carbocycles. The average molecular weight is 275 g/mol. The maximum absolute atomic E-state index is 13.0. The van der Waals surface area contributed by atoms with Crippen LogP contribution < -0.4 is 5.73 Å². The molecule has 0 aliphatic carbocycles. The van der Waals surface area contributed by atoms with E-state index < -0.39 is 0 Å². The second-order valence-corrected chi connectivity index (χ2v) is 4.87. The summed E-state index contributed by atoms with van der Waals surface area (Å²) in [5.74, 6) is -0.323. The Kier molecular flexibility index (Phi) is 2.91. The fraction of sp³-hybridized carbons (Fsp3) is 0.0667. The molecule has 2 aromatic carbocycles. The largest absolute Gasteiger partial charge is 0.398 e. The second kappa shape index (κ2) is 4.59. The molecule has 0 saturated heterocycles. The van der Waals surface area contributed by atoms with Crippen molar-refractivity contribution in [2.75, 3.05) is 5.73 Å². The van der Waals surface area contributed by atoms with E-state index in [4.69, 9.17) is 17.3 Å². The van der Waals surface area contributed by atoms with Gasteiger partial charge in [-0.2, -0.15) is 0 Å². The molecule has 2 nitrogen and oxygen atoms in total. The third-order valence-electron chi connectivity index (χ3n) is 3.19. The van der Waals surface area contributed by atoms with Gasteiger partial charge in [0.25, 0.3) is 0 Å². The fourth-order valence-electron chi connectivity index (χ4n) is 2.23. The Bertz CT molecular complexity index is 749. The zero-order valence-corrected chi connectivity index (χ0v) is 10.9. The highest BCUT2D eigenvalue weighted by molar-refractivity contribution is 6.35. The van der Waals surface area contributed by atoms with Crippen molar-refractivity contribution in [3.05, 3.63) is 65.1 Å². The van der Waals surface area contributed by atoms with E-state index in [9.17, 15) is 4.39 Å². The summed E-state index contributed by atoms with van der Waals surface area (Å²) in [6.07, 6.45) is 1.87. The number of halogens is 2. The van der Waals surface area contributed by atoms with Gasteiger partial charge in [0.1, 0.15) is 5.82 Å². The van der Waals surface area contributed by atoms with Crippen LogP contribution in [0.2, 0.25) is 5.02 Å². The number of para-hydroxylation sites is 1. The smallest absolute Gasteiger partial charge is 0.125 e. The van der Waals surface area contributed by atoms with E-state index >= 15 is 0 Å². The molecule has 0 aliphatic rings. The maximum Gasteiger partial charge on any atom is 0.125 e. The van der Waals surface area contributed by atoms with Gasteiger partial charge in [-0.25, -0.2) is 4.39 Å². The highest BCUT2D eigenvalue weighted by Gasteiger charge is 2.08. The Labute approximate surface area is 115 Å². The molecule has 0 aliphatic heterocycles. The van der Waals surface area contributed by atoms with Gasteiger partial charge in [-0.05, 0) is 23.8 Å². The lowest BCUT2D eigenvalue weighted by Crippen LogP contribution is -2.02. The number of rotatable bonds is 2. The first-order valence-corrected chi connectivity index (χ1v) is 6.30. The van der Waals surface area contributed by atoms with Crippen LogP contribution in [0.25, 0.3) is 10.9 Å². The summed E-state index contributed by atoms with van der Waals surface area (Å²) in [7, 11) is 0. The van der Waals surface area contributed by atoms with Crippen LogP contribution in [0.4, 0.5) is 10.1 Å². The van der Waals surface area contributed by atoms with Crippen LogP contribution >= 0.6 is 11.6 Å². The summed E-state index contributed by atoms with van der Waals surface area (Å²) in [5.41, 5.74) is 8.20. The number of benzene rings is 2. The quantitative estimate of drug-likeness (QED) is 0.702. The Morgan fingerprint density at radius 2 is 1.95 bits per heavy atom. The lowest BCUT2D eigenvalue weighted by molar-refractivity contribution is 0.627. The molecule has 0 spiro atoms. The monoisotopic (exact) mass is 274 g/mol. The molecule has 1 heterocycles. The summed E-state index contributed by atoms with van der Waals surface area (Å²) >= 11 is 6.20. The molecule has 19 heavy (non-hydrogen) atoms. The summed E-state index contributed by atoms with van der Waals surface area (Å²) in [5, 5.41) is 1.71. The van der Waals surface area contributed by atoms with Gasteiger partial charge in [-0.15, -0.1) is 0 Å². The lowest BCUT2D eigenvalue weighted by atomic mass is 10.1. The van der Waals surface area contributed by atoms with Crippen molar-refractivity contribution in [1.29, 1.82) is 0 Å². The Hall–Kier alpha value is -2.00. The minimum Gasteiger partial charge on any atom is -0.398 e. The second-order valence-electron chi connectivity index (χ2n) is 4.47. The van der Waals surface area contributed by atoms with Crippen molar-refractivity contribution in [3.63, 3.8) is 0 Å². The van der Waals surface area contributed by atoms with E-state index in [0.717, 1.165) is 16.5 Å². The van der Waals surface area contributed by atoms with Crippen molar-refractivity contribution < 1.29 is 4.39 Å². The lowest BCUT2D eigenvalue weighted by Gasteiger charge is -2.08. The minimum absolute atomic E-state index is 0.323. The van der Waals surface area contributed by atoms with Crippen molar-refractivity contribution in [2.24, 2.45) is 0 Å². The number of aromatic nitrogens is 1. The number of hydrogen-bond donors (Lipinski definition) is 1. The van der Waals surface area contributed by atoms with Crippen LogP contribution in [0.1, 0.15) is 5.56 Å². The summed E-state index contributed by atoms with van der Waals surface area (Å²) in [6, 6.07) is 12.3. The first-order valence-electron chi connectivity index (χ1n) is 5.92. The third-order valence-corrected chi connectivity index (χ3v) is 3.49. The first kappa shape index (κ1) is 12.1. The molecule has 0 radical (unpaired) electrons. The molecule has 0 fully saturated rings. The van der Waals surface area contributed by atoms with Gasteiger partial charge in [0.15, 0.2) is 0 Å². The van der Waals surface area contributed by atoms with E-state index in [2.05, 4.69) is 0 Å². The molecule has 0 amide bonds. The predicted molar refractivity (Wildman–Crippen MR) is 76.9 cm³/mol. The van der Waals surface area contributed by atoms with E-state index in [1.54, 1.807) is 6.07 Å². The summed E-state index contributed by atoms with van der Waals surface area (Å²) < 4.78 is 15.1. The molecule has 0 bridgehead atoms. The molecular formula is C15H12ClFN2. The van der Waals surface area contributed by atoms with Crippen LogP contribution in [0.15, 0.2) is 48.7 Å². The van der Waals surface area contributed by atoms with Gasteiger partial charge in [-0.1, -0.05) is 35.9 Å². The number of nitrogens with zero attached hydrogens (tertiary/aromatic N) is 1.